The third-order valence-electron chi connectivity index (χ3n) is 5.02. The fraction of sp³-hybridized carbons (Fsp3) is 0.318. The van der Waals surface area contributed by atoms with Gasteiger partial charge in [-0.05, 0) is 42.7 Å². The number of anilines is 2. The summed E-state index contributed by atoms with van der Waals surface area (Å²) < 4.78 is 27.9. The minimum atomic E-state index is -1.08. The van der Waals surface area contributed by atoms with Crippen LogP contribution in [0, 0.1) is 17.6 Å². The van der Waals surface area contributed by atoms with Crippen LogP contribution in [0.3, 0.4) is 0 Å². The Balaban J connectivity index is 1.80. The van der Waals surface area contributed by atoms with Crippen molar-refractivity contribution in [2.45, 2.75) is 32.7 Å². The monoisotopic (exact) mass is 449 g/mol. The lowest BCUT2D eigenvalue weighted by atomic mass is 10.0. The molecule has 1 aliphatic rings. The topological polar surface area (TPSA) is 78.5 Å². The first-order valence-corrected chi connectivity index (χ1v) is 10.2. The molecule has 1 heterocycles. The molecule has 1 aliphatic heterocycles. The van der Waals surface area contributed by atoms with E-state index in [1.54, 1.807) is 36.9 Å². The maximum atomic E-state index is 13.9. The highest BCUT2D eigenvalue weighted by Gasteiger charge is 2.28. The van der Waals surface area contributed by atoms with Crippen molar-refractivity contribution < 1.29 is 23.2 Å². The molecule has 0 bridgehead atoms. The fourth-order valence-corrected chi connectivity index (χ4v) is 3.54. The number of carbonyl (C=O) groups excluding carboxylic acids is 3. The van der Waals surface area contributed by atoms with E-state index >= 15 is 0 Å². The molecule has 0 radical (unpaired) electrons. The smallest absolute Gasteiger partial charge is 0.257 e. The third-order valence-corrected chi connectivity index (χ3v) is 5.35. The maximum absolute atomic E-state index is 13.9. The lowest BCUT2D eigenvalue weighted by Crippen LogP contribution is -2.47. The van der Waals surface area contributed by atoms with Gasteiger partial charge in [-0.2, -0.15) is 0 Å². The predicted molar refractivity (Wildman–Crippen MR) is 114 cm³/mol. The van der Waals surface area contributed by atoms with Crippen LogP contribution in [-0.4, -0.2) is 30.3 Å². The number of nitrogens with zero attached hydrogens (tertiary/aromatic N) is 1. The summed E-state index contributed by atoms with van der Waals surface area (Å²) in [7, 11) is 0. The highest BCUT2D eigenvalue weighted by molar-refractivity contribution is 6.34. The minimum absolute atomic E-state index is 0.0150. The van der Waals surface area contributed by atoms with Gasteiger partial charge in [0.1, 0.15) is 23.2 Å². The van der Waals surface area contributed by atoms with Crippen molar-refractivity contribution in [2.24, 2.45) is 5.92 Å². The molecule has 2 N–H and O–H groups in total. The van der Waals surface area contributed by atoms with E-state index in [0.717, 1.165) is 24.6 Å². The molecule has 3 amide bonds. The normalized spacial score (nSPS) is 14.6. The molecule has 3 rings (SSSR count). The van der Waals surface area contributed by atoms with E-state index in [0.29, 0.717) is 18.7 Å². The Kier molecular flexibility index (Phi) is 6.90. The number of nitrogens with one attached hydrogen (secondary N) is 2. The number of halogens is 3. The van der Waals surface area contributed by atoms with Crippen LogP contribution in [-0.2, 0) is 9.59 Å². The van der Waals surface area contributed by atoms with E-state index in [-0.39, 0.29) is 22.5 Å². The number of amides is 3. The number of hydrogen-bond donors (Lipinski definition) is 2. The first-order chi connectivity index (χ1) is 14.7. The van der Waals surface area contributed by atoms with Gasteiger partial charge in [0.05, 0.1) is 10.7 Å². The zero-order chi connectivity index (χ0) is 22.7. The van der Waals surface area contributed by atoms with E-state index in [1.807, 2.05) is 0 Å². The van der Waals surface area contributed by atoms with Crippen molar-refractivity contribution in [3.8, 4) is 0 Å². The Hall–Kier alpha value is -3.00. The molecule has 2 aromatic carbocycles. The largest absolute Gasteiger partial charge is 0.340 e. The van der Waals surface area contributed by atoms with Gasteiger partial charge in [0.2, 0.25) is 11.8 Å². The van der Waals surface area contributed by atoms with Crippen LogP contribution in [0.25, 0.3) is 0 Å². The van der Waals surface area contributed by atoms with Crippen molar-refractivity contribution in [3.05, 3.63) is 58.6 Å². The molecule has 0 saturated carbocycles. The highest BCUT2D eigenvalue weighted by Crippen LogP contribution is 2.30. The lowest BCUT2D eigenvalue weighted by molar-refractivity contribution is -0.119. The second-order valence-electron chi connectivity index (χ2n) is 7.59. The molecule has 31 heavy (non-hydrogen) atoms. The summed E-state index contributed by atoms with van der Waals surface area (Å²) in [4.78, 5) is 38.9. The summed E-state index contributed by atoms with van der Waals surface area (Å²) in [5, 5.41) is 5.29. The molecule has 1 saturated heterocycles. The van der Waals surface area contributed by atoms with Crippen LogP contribution >= 0.6 is 11.6 Å². The fourth-order valence-electron chi connectivity index (χ4n) is 3.37. The van der Waals surface area contributed by atoms with Gasteiger partial charge in [-0.3, -0.25) is 14.4 Å². The molecule has 0 aliphatic carbocycles. The van der Waals surface area contributed by atoms with E-state index in [1.165, 1.54) is 0 Å². The van der Waals surface area contributed by atoms with Crippen molar-refractivity contribution in [1.82, 2.24) is 5.32 Å². The van der Waals surface area contributed by atoms with Crippen LogP contribution in [0.15, 0.2) is 36.4 Å². The Morgan fingerprint density at radius 2 is 1.81 bits per heavy atom. The van der Waals surface area contributed by atoms with Crippen molar-refractivity contribution in [1.29, 1.82) is 0 Å². The summed E-state index contributed by atoms with van der Waals surface area (Å²) in [6, 6.07) is 6.83. The molecule has 0 aromatic heterocycles. The summed E-state index contributed by atoms with van der Waals surface area (Å²) in [5.74, 6) is -4.09. The van der Waals surface area contributed by atoms with Gasteiger partial charge < -0.3 is 15.5 Å². The van der Waals surface area contributed by atoms with Crippen LogP contribution in [0.5, 0.6) is 0 Å². The van der Waals surface area contributed by atoms with Gasteiger partial charge in [-0.25, -0.2) is 8.78 Å². The zero-order valence-electron chi connectivity index (χ0n) is 17.0. The molecule has 1 unspecified atom stereocenters. The average molecular weight is 450 g/mol. The molecular formula is C22H22ClF2N3O3. The quantitative estimate of drug-likeness (QED) is 0.695. The van der Waals surface area contributed by atoms with E-state index in [4.69, 9.17) is 11.6 Å². The molecule has 6 nitrogen and oxygen atoms in total. The molecule has 2 aromatic rings. The predicted octanol–water partition coefficient (Wildman–Crippen LogP) is 4.14. The van der Waals surface area contributed by atoms with Crippen LogP contribution in [0.4, 0.5) is 20.2 Å². The van der Waals surface area contributed by atoms with Gasteiger partial charge >= 0.3 is 0 Å². The number of rotatable bonds is 6. The second kappa shape index (κ2) is 9.43. The van der Waals surface area contributed by atoms with Crippen molar-refractivity contribution in [2.75, 3.05) is 16.8 Å². The maximum Gasteiger partial charge on any atom is 0.257 e. The van der Waals surface area contributed by atoms with Gasteiger partial charge in [0, 0.05) is 18.7 Å². The van der Waals surface area contributed by atoms with Crippen LogP contribution in [0.2, 0.25) is 5.02 Å². The van der Waals surface area contributed by atoms with Gasteiger partial charge in [-0.1, -0.05) is 31.5 Å². The molecule has 9 heteroatoms. The van der Waals surface area contributed by atoms with Gasteiger partial charge in [0.15, 0.2) is 0 Å². The summed E-state index contributed by atoms with van der Waals surface area (Å²) >= 11 is 6.21. The third kappa shape index (κ3) is 5.02. The summed E-state index contributed by atoms with van der Waals surface area (Å²) in [6.45, 7) is 3.94. The Morgan fingerprint density at radius 3 is 2.39 bits per heavy atom. The van der Waals surface area contributed by atoms with E-state index < -0.39 is 35.1 Å². The van der Waals surface area contributed by atoms with Crippen molar-refractivity contribution in [3.63, 3.8) is 0 Å². The Labute approximate surface area is 183 Å². The summed E-state index contributed by atoms with van der Waals surface area (Å²) in [6.07, 6.45) is 1.20. The SMILES string of the molecule is CC(C)C(NC(=O)c1c(F)cccc1F)C(=O)Nc1cc(N2CCCC2=O)ccc1Cl. The Bertz CT molecular complexity index is 1010. The molecular weight excluding hydrogens is 428 g/mol. The highest BCUT2D eigenvalue weighted by atomic mass is 35.5. The minimum Gasteiger partial charge on any atom is -0.340 e. The van der Waals surface area contributed by atoms with Crippen LogP contribution in [0.1, 0.15) is 37.0 Å². The zero-order valence-corrected chi connectivity index (χ0v) is 17.8. The van der Waals surface area contributed by atoms with E-state index in [9.17, 15) is 23.2 Å². The van der Waals surface area contributed by atoms with Crippen LogP contribution < -0.4 is 15.5 Å². The number of hydrogen-bond acceptors (Lipinski definition) is 3. The average Bonchev–Trinajstić information content (AvgIpc) is 3.13. The standard InChI is InChI=1S/C22H22ClF2N3O3/c1-12(2)20(27-21(30)19-15(24)5-3-6-16(19)25)22(31)26-17-11-13(8-9-14(17)23)28-10-4-7-18(28)29/h3,5-6,8-9,11-12,20H,4,7,10H2,1-2H3,(H,26,31)(H,27,30). The lowest BCUT2D eigenvalue weighted by Gasteiger charge is -2.23. The Morgan fingerprint density at radius 1 is 1.13 bits per heavy atom. The molecule has 1 fully saturated rings. The van der Waals surface area contributed by atoms with Gasteiger partial charge in [0.25, 0.3) is 5.91 Å². The first kappa shape index (κ1) is 22.7. The van der Waals surface area contributed by atoms with E-state index in [2.05, 4.69) is 10.6 Å². The number of carbonyl (C=O) groups is 3. The molecule has 0 spiro atoms. The second-order valence-corrected chi connectivity index (χ2v) is 8.00. The molecule has 1 atom stereocenters. The first-order valence-electron chi connectivity index (χ1n) is 9.84. The summed E-state index contributed by atoms with van der Waals surface area (Å²) in [5.41, 5.74) is 0.107. The number of benzene rings is 2. The van der Waals surface area contributed by atoms with Crippen molar-refractivity contribution >= 4 is 40.7 Å². The molecule has 164 valence electrons. The van der Waals surface area contributed by atoms with Gasteiger partial charge in [-0.15, -0.1) is 0 Å².